The molecule has 1 aliphatic carbocycles. The average molecular weight is 384 g/mol. The fourth-order valence-corrected chi connectivity index (χ4v) is 6.72. The number of rotatable bonds is 4. The molecule has 0 atom stereocenters. The summed E-state index contributed by atoms with van der Waals surface area (Å²) in [5, 5.41) is 2.85. The van der Waals surface area contributed by atoms with E-state index in [-0.39, 0.29) is 6.61 Å². The minimum atomic E-state index is -1.56. The van der Waals surface area contributed by atoms with Crippen molar-refractivity contribution in [2.24, 2.45) is 5.73 Å². The maximum absolute atomic E-state index is 11.2. The molecule has 0 saturated heterocycles. The molecule has 2 aromatic rings. The molecule has 2 aromatic carbocycles. The summed E-state index contributed by atoms with van der Waals surface area (Å²) in [7, 11) is -2.91. The Labute approximate surface area is 158 Å². The van der Waals surface area contributed by atoms with E-state index in [9.17, 15) is 4.79 Å². The summed E-state index contributed by atoms with van der Waals surface area (Å²) in [5.41, 5.74) is 11.7. The Balaban J connectivity index is 2.12. The zero-order valence-corrected chi connectivity index (χ0v) is 18.7. The highest BCUT2D eigenvalue weighted by Gasteiger charge is 2.29. The van der Waals surface area contributed by atoms with Crippen LogP contribution in [0.15, 0.2) is 30.3 Å². The molecule has 3 rings (SSSR count). The van der Waals surface area contributed by atoms with Crippen molar-refractivity contribution in [3.63, 3.8) is 0 Å². The summed E-state index contributed by atoms with van der Waals surface area (Å²) in [6, 6.07) is 11.5. The van der Waals surface area contributed by atoms with Gasteiger partial charge in [-0.3, -0.25) is 0 Å². The number of primary amides is 1. The molecule has 0 saturated carbocycles. The number of hydrogen-bond acceptors (Lipinski definition) is 2. The number of hydrogen-bond donors (Lipinski definition) is 1. The van der Waals surface area contributed by atoms with Gasteiger partial charge in [-0.1, -0.05) is 80.0 Å². The van der Waals surface area contributed by atoms with Crippen LogP contribution in [0.5, 0.6) is 0 Å². The maximum atomic E-state index is 11.2. The summed E-state index contributed by atoms with van der Waals surface area (Å²) in [6.45, 7) is 14.4. The van der Waals surface area contributed by atoms with Gasteiger partial charge >= 0.3 is 6.09 Å². The lowest BCUT2D eigenvalue weighted by Gasteiger charge is -2.23. The lowest BCUT2D eigenvalue weighted by Crippen LogP contribution is -2.41. The van der Waals surface area contributed by atoms with Crippen LogP contribution in [0.4, 0.5) is 4.79 Å². The van der Waals surface area contributed by atoms with Crippen LogP contribution in [0.25, 0.3) is 11.1 Å². The minimum Gasteiger partial charge on any atom is -0.445 e. The van der Waals surface area contributed by atoms with Crippen molar-refractivity contribution < 1.29 is 9.53 Å². The first-order valence-electron chi connectivity index (χ1n) is 9.19. The summed E-state index contributed by atoms with van der Waals surface area (Å²) in [5.74, 6) is 0. The molecule has 26 heavy (non-hydrogen) atoms. The smallest absolute Gasteiger partial charge is 0.404 e. The fraction of sp³-hybridized carbons (Fsp3) is 0.381. The second-order valence-electron chi connectivity index (χ2n) is 9.27. The first-order chi connectivity index (χ1) is 12.0. The van der Waals surface area contributed by atoms with Gasteiger partial charge in [0.25, 0.3) is 0 Å². The van der Waals surface area contributed by atoms with Gasteiger partial charge in [0.05, 0.1) is 16.1 Å². The quantitative estimate of drug-likeness (QED) is 0.694. The zero-order chi connectivity index (χ0) is 19.3. The number of ether oxygens (including phenoxy) is 1. The molecule has 0 aliphatic heterocycles. The van der Waals surface area contributed by atoms with Gasteiger partial charge in [-0.15, -0.1) is 0 Å². The van der Waals surface area contributed by atoms with Gasteiger partial charge in [-0.2, -0.15) is 0 Å². The van der Waals surface area contributed by atoms with Gasteiger partial charge in [-0.05, 0) is 34.2 Å². The second kappa shape index (κ2) is 6.39. The maximum Gasteiger partial charge on any atom is 0.404 e. The molecule has 0 radical (unpaired) electrons. The number of amides is 1. The van der Waals surface area contributed by atoms with Crippen molar-refractivity contribution in [3.8, 4) is 11.1 Å². The van der Waals surface area contributed by atoms with E-state index < -0.39 is 22.2 Å². The summed E-state index contributed by atoms with van der Waals surface area (Å²) < 4.78 is 5.23. The Morgan fingerprint density at radius 2 is 1.65 bits per heavy atom. The van der Waals surface area contributed by atoms with Crippen molar-refractivity contribution in [3.05, 3.63) is 47.0 Å². The molecule has 0 bridgehead atoms. The third-order valence-corrected chi connectivity index (χ3v) is 9.35. The summed E-state index contributed by atoms with van der Waals surface area (Å²) in [4.78, 5) is 11.2. The standard InChI is InChI=1S/C21H29NO2Si2/c1-25(2,3)15-7-8-16-14(11-15)12-18-17(16)9-10-20(26(4,5)6)19(18)13-24-21(22)23/h7-11H,12-13H2,1-6H3,(H2,22,23). The fourth-order valence-electron chi connectivity index (χ4n) is 3.82. The molecule has 0 aromatic heterocycles. The van der Waals surface area contributed by atoms with Gasteiger partial charge in [0, 0.05) is 0 Å². The average Bonchev–Trinajstić information content (AvgIpc) is 2.88. The Kier molecular flexibility index (Phi) is 4.65. The Hall–Kier alpha value is -1.86. The van der Waals surface area contributed by atoms with E-state index in [2.05, 4.69) is 69.6 Å². The predicted octanol–water partition coefficient (Wildman–Crippen LogP) is 3.94. The van der Waals surface area contributed by atoms with E-state index in [1.165, 1.54) is 38.2 Å². The Morgan fingerprint density at radius 1 is 1.00 bits per heavy atom. The number of benzene rings is 2. The number of carbonyl (C=O) groups is 1. The molecular weight excluding hydrogens is 354 g/mol. The van der Waals surface area contributed by atoms with Crippen molar-refractivity contribution >= 4 is 32.6 Å². The molecule has 0 fully saturated rings. The van der Waals surface area contributed by atoms with Gasteiger partial charge in [0.2, 0.25) is 0 Å². The van der Waals surface area contributed by atoms with Crippen LogP contribution in [0, 0.1) is 0 Å². The van der Waals surface area contributed by atoms with Gasteiger partial charge in [0.15, 0.2) is 0 Å². The normalized spacial score (nSPS) is 13.3. The topological polar surface area (TPSA) is 52.3 Å². The third-order valence-electron chi connectivity index (χ3n) is 5.23. The molecule has 0 heterocycles. The van der Waals surface area contributed by atoms with E-state index >= 15 is 0 Å². The van der Waals surface area contributed by atoms with Crippen molar-refractivity contribution in [1.29, 1.82) is 0 Å². The first kappa shape index (κ1) is 18.9. The summed E-state index contributed by atoms with van der Waals surface area (Å²) in [6.07, 6.45) is 0.208. The third kappa shape index (κ3) is 3.51. The summed E-state index contributed by atoms with van der Waals surface area (Å²) >= 11 is 0. The van der Waals surface area contributed by atoms with Crippen LogP contribution >= 0.6 is 0 Å². The van der Waals surface area contributed by atoms with Gasteiger partial charge in [0.1, 0.15) is 6.61 Å². The van der Waals surface area contributed by atoms with E-state index in [0.717, 1.165) is 6.42 Å². The van der Waals surface area contributed by atoms with E-state index in [1.54, 1.807) is 0 Å². The largest absolute Gasteiger partial charge is 0.445 e. The molecule has 3 nitrogen and oxygen atoms in total. The van der Waals surface area contributed by atoms with Crippen LogP contribution in [0.2, 0.25) is 39.3 Å². The number of fused-ring (bicyclic) bond motifs is 3. The predicted molar refractivity (Wildman–Crippen MR) is 115 cm³/mol. The van der Waals surface area contributed by atoms with Crippen molar-refractivity contribution in [2.75, 3.05) is 0 Å². The van der Waals surface area contributed by atoms with E-state index in [1.807, 2.05) is 0 Å². The van der Waals surface area contributed by atoms with E-state index in [0.29, 0.717) is 0 Å². The SMILES string of the molecule is C[Si](C)(C)c1ccc2c(c1)Cc1c-2ccc([Si](C)(C)C)c1COC(N)=O. The van der Waals surface area contributed by atoms with Crippen LogP contribution in [-0.4, -0.2) is 22.2 Å². The highest BCUT2D eigenvalue weighted by Crippen LogP contribution is 2.38. The minimum absolute atomic E-state index is 0.271. The van der Waals surface area contributed by atoms with Crippen LogP contribution in [0.1, 0.15) is 16.7 Å². The van der Waals surface area contributed by atoms with Crippen LogP contribution < -0.4 is 16.1 Å². The number of carbonyl (C=O) groups excluding carboxylic acids is 1. The van der Waals surface area contributed by atoms with E-state index in [4.69, 9.17) is 10.5 Å². The molecule has 0 unspecified atom stereocenters. The van der Waals surface area contributed by atoms with Crippen LogP contribution in [-0.2, 0) is 17.8 Å². The molecule has 1 aliphatic rings. The monoisotopic (exact) mass is 383 g/mol. The van der Waals surface area contributed by atoms with Gasteiger partial charge < -0.3 is 10.5 Å². The highest BCUT2D eigenvalue weighted by molar-refractivity contribution is 6.89. The molecular formula is C21H29NO2Si2. The Morgan fingerprint density at radius 3 is 2.23 bits per heavy atom. The molecule has 0 spiro atoms. The highest BCUT2D eigenvalue weighted by atomic mass is 28.3. The molecule has 1 amide bonds. The van der Waals surface area contributed by atoms with Gasteiger partial charge in [-0.25, -0.2) is 4.79 Å². The lowest BCUT2D eigenvalue weighted by atomic mass is 10.0. The first-order valence-corrected chi connectivity index (χ1v) is 16.2. The Bertz CT molecular complexity index is 877. The number of nitrogens with two attached hydrogens (primary N) is 1. The van der Waals surface area contributed by atoms with Crippen molar-refractivity contribution in [1.82, 2.24) is 0 Å². The zero-order valence-electron chi connectivity index (χ0n) is 16.7. The molecule has 5 heteroatoms. The lowest BCUT2D eigenvalue weighted by molar-refractivity contribution is 0.150. The molecule has 2 N–H and O–H groups in total. The van der Waals surface area contributed by atoms with Crippen LogP contribution in [0.3, 0.4) is 0 Å². The second-order valence-corrected chi connectivity index (χ2v) is 19.4. The molecule has 138 valence electrons. The van der Waals surface area contributed by atoms with Crippen molar-refractivity contribution in [2.45, 2.75) is 52.3 Å².